The summed E-state index contributed by atoms with van der Waals surface area (Å²) < 4.78 is 17.0. The van der Waals surface area contributed by atoms with E-state index < -0.39 is 0 Å². The molecule has 0 saturated carbocycles. The molecular weight excluding hydrogens is 408 g/mol. The van der Waals surface area contributed by atoms with Gasteiger partial charge in [0.05, 0.1) is 13.2 Å². The molecule has 3 aromatic rings. The summed E-state index contributed by atoms with van der Waals surface area (Å²) in [4.78, 5) is 27.3. The van der Waals surface area contributed by atoms with Crippen LogP contribution in [0.15, 0.2) is 25.8 Å². The fourth-order valence-corrected chi connectivity index (χ4v) is 4.94. The topological polar surface area (TPSA) is 84.9 Å². The van der Waals surface area contributed by atoms with Crippen molar-refractivity contribution < 1.29 is 18.4 Å². The highest BCUT2D eigenvalue weighted by Gasteiger charge is 2.20. The summed E-state index contributed by atoms with van der Waals surface area (Å²) in [5.41, 5.74) is 3.73. The number of ether oxygens (including phenoxy) is 1. The van der Waals surface area contributed by atoms with Crippen molar-refractivity contribution in [2.24, 2.45) is 0 Å². The molecule has 2 aliphatic rings. The normalized spacial score (nSPS) is 17.0. The maximum absolute atomic E-state index is 12.7. The summed E-state index contributed by atoms with van der Waals surface area (Å²) in [6.45, 7) is 6.67. The number of nitrogens with one attached hydrogen (secondary N) is 1. The van der Waals surface area contributed by atoms with Crippen molar-refractivity contribution in [3.8, 4) is 0 Å². The zero-order valence-electron chi connectivity index (χ0n) is 18.6. The molecule has 1 aromatic carbocycles. The van der Waals surface area contributed by atoms with Crippen molar-refractivity contribution >= 4 is 27.8 Å². The Balaban J connectivity index is 1.30. The molecule has 170 valence electrons. The number of carbonyl (C=O) groups is 1. The van der Waals surface area contributed by atoms with Gasteiger partial charge in [0.1, 0.15) is 16.9 Å². The lowest BCUT2D eigenvalue weighted by molar-refractivity contribution is -0.121. The number of carbonyl (C=O) groups excluding carboxylic acids is 1. The van der Waals surface area contributed by atoms with Crippen LogP contribution in [0.1, 0.15) is 41.7 Å². The fraction of sp³-hybridized carbons (Fsp3) is 0.520. The summed E-state index contributed by atoms with van der Waals surface area (Å²) in [7, 11) is 0. The standard InChI is InChI=1S/C25H30N2O5/c1-16-17(6-7-24(28)26-8-9-27-10-12-30-13-11-27)25(29)32-22-15-23-20(14-19(16)22)18-4-2-3-5-21(18)31-23/h14-15H,2-13H2,1H3,(H,26,28). The third-order valence-electron chi connectivity index (χ3n) is 6.82. The zero-order valence-corrected chi connectivity index (χ0v) is 18.6. The van der Waals surface area contributed by atoms with Crippen molar-refractivity contribution in [2.75, 3.05) is 39.4 Å². The highest BCUT2D eigenvalue weighted by atomic mass is 16.5. The van der Waals surface area contributed by atoms with Gasteiger partial charge in [0.15, 0.2) is 0 Å². The molecule has 2 aromatic heterocycles. The molecule has 1 N–H and O–H groups in total. The van der Waals surface area contributed by atoms with Crippen LogP contribution in [0.25, 0.3) is 21.9 Å². The molecule has 1 aliphatic carbocycles. The van der Waals surface area contributed by atoms with E-state index in [0.29, 0.717) is 24.1 Å². The van der Waals surface area contributed by atoms with Gasteiger partial charge in [0.2, 0.25) is 5.91 Å². The van der Waals surface area contributed by atoms with Crippen LogP contribution in [-0.2, 0) is 28.8 Å². The third-order valence-corrected chi connectivity index (χ3v) is 6.82. The molecule has 1 aliphatic heterocycles. The summed E-state index contributed by atoms with van der Waals surface area (Å²) >= 11 is 0. The van der Waals surface area contributed by atoms with Gasteiger partial charge >= 0.3 is 5.63 Å². The first-order valence-corrected chi connectivity index (χ1v) is 11.7. The van der Waals surface area contributed by atoms with Gasteiger partial charge in [0.25, 0.3) is 0 Å². The van der Waals surface area contributed by atoms with Crippen LogP contribution >= 0.6 is 0 Å². The Hall–Kier alpha value is -2.64. The average Bonchev–Trinajstić information content (AvgIpc) is 3.16. The first kappa shape index (κ1) is 21.2. The Morgan fingerprint density at radius 1 is 1.06 bits per heavy atom. The quantitative estimate of drug-likeness (QED) is 0.596. The lowest BCUT2D eigenvalue weighted by atomic mass is 9.94. The molecule has 7 nitrogen and oxygen atoms in total. The van der Waals surface area contributed by atoms with Gasteiger partial charge in [-0.2, -0.15) is 0 Å². The average molecular weight is 439 g/mol. The van der Waals surface area contributed by atoms with Crippen molar-refractivity contribution in [1.29, 1.82) is 0 Å². The number of fused-ring (bicyclic) bond motifs is 4. The lowest BCUT2D eigenvalue weighted by Crippen LogP contribution is -2.41. The molecule has 0 unspecified atom stereocenters. The second-order valence-electron chi connectivity index (χ2n) is 8.85. The molecule has 1 saturated heterocycles. The predicted molar refractivity (Wildman–Crippen MR) is 122 cm³/mol. The number of hydrogen-bond acceptors (Lipinski definition) is 6. The smallest absolute Gasteiger partial charge is 0.339 e. The zero-order chi connectivity index (χ0) is 22.1. The van der Waals surface area contributed by atoms with Crippen molar-refractivity contribution in [2.45, 2.75) is 45.4 Å². The van der Waals surface area contributed by atoms with Crippen LogP contribution in [0, 0.1) is 6.92 Å². The summed E-state index contributed by atoms with van der Waals surface area (Å²) in [6.07, 6.45) is 4.96. The Bertz CT molecular complexity index is 1200. The summed E-state index contributed by atoms with van der Waals surface area (Å²) in [5, 5.41) is 5.01. The van der Waals surface area contributed by atoms with Gasteiger partial charge in [-0.3, -0.25) is 9.69 Å². The van der Waals surface area contributed by atoms with Crippen LogP contribution in [0.5, 0.6) is 0 Å². The third kappa shape index (κ3) is 4.19. The Morgan fingerprint density at radius 3 is 2.69 bits per heavy atom. The molecule has 0 atom stereocenters. The maximum Gasteiger partial charge on any atom is 0.339 e. The first-order valence-electron chi connectivity index (χ1n) is 11.7. The highest BCUT2D eigenvalue weighted by Crippen LogP contribution is 2.35. The van der Waals surface area contributed by atoms with Gasteiger partial charge in [0, 0.05) is 67.0 Å². The van der Waals surface area contributed by atoms with E-state index >= 15 is 0 Å². The van der Waals surface area contributed by atoms with Crippen LogP contribution in [0.2, 0.25) is 0 Å². The van der Waals surface area contributed by atoms with E-state index in [9.17, 15) is 9.59 Å². The van der Waals surface area contributed by atoms with E-state index in [4.69, 9.17) is 13.6 Å². The molecular formula is C25H30N2O5. The summed E-state index contributed by atoms with van der Waals surface area (Å²) in [6, 6.07) is 3.95. The molecule has 0 bridgehead atoms. The largest absolute Gasteiger partial charge is 0.461 e. The maximum atomic E-state index is 12.7. The first-order chi connectivity index (χ1) is 15.6. The van der Waals surface area contributed by atoms with Crippen LogP contribution in [-0.4, -0.2) is 50.2 Å². The van der Waals surface area contributed by atoms with E-state index in [1.807, 2.05) is 13.0 Å². The highest BCUT2D eigenvalue weighted by molar-refractivity contribution is 5.97. The van der Waals surface area contributed by atoms with Gasteiger partial charge in [-0.05, 0) is 44.2 Å². The molecule has 7 heteroatoms. The second-order valence-corrected chi connectivity index (χ2v) is 8.85. The summed E-state index contributed by atoms with van der Waals surface area (Å²) in [5.74, 6) is 1.02. The van der Waals surface area contributed by atoms with E-state index in [-0.39, 0.29) is 18.0 Å². The van der Waals surface area contributed by atoms with Gasteiger partial charge in [-0.25, -0.2) is 4.79 Å². The van der Waals surface area contributed by atoms with Crippen LogP contribution < -0.4 is 10.9 Å². The molecule has 1 amide bonds. The number of amides is 1. The van der Waals surface area contributed by atoms with Gasteiger partial charge in [-0.15, -0.1) is 0 Å². The number of hydrogen-bond donors (Lipinski definition) is 1. The Morgan fingerprint density at radius 2 is 1.84 bits per heavy atom. The monoisotopic (exact) mass is 438 g/mol. The SMILES string of the molecule is Cc1c(CCC(=O)NCCN2CCOCC2)c(=O)oc2cc3oc4c(c3cc12)CCCC4. The fourth-order valence-electron chi connectivity index (χ4n) is 4.94. The van der Waals surface area contributed by atoms with E-state index in [1.54, 1.807) is 0 Å². The van der Waals surface area contributed by atoms with Gasteiger partial charge < -0.3 is 18.9 Å². The number of morpholine rings is 1. The lowest BCUT2D eigenvalue weighted by Gasteiger charge is -2.26. The van der Waals surface area contributed by atoms with Crippen molar-refractivity contribution in [1.82, 2.24) is 10.2 Å². The van der Waals surface area contributed by atoms with E-state index in [0.717, 1.165) is 79.8 Å². The van der Waals surface area contributed by atoms with Crippen LogP contribution in [0.4, 0.5) is 0 Å². The molecule has 0 radical (unpaired) electrons. The number of rotatable bonds is 6. The minimum atomic E-state index is -0.369. The minimum Gasteiger partial charge on any atom is -0.461 e. The van der Waals surface area contributed by atoms with Crippen LogP contribution in [0.3, 0.4) is 0 Å². The van der Waals surface area contributed by atoms with E-state index in [2.05, 4.69) is 16.3 Å². The molecule has 5 rings (SSSR count). The number of nitrogens with zero attached hydrogens (tertiary/aromatic N) is 1. The Kier molecular flexibility index (Phi) is 6.02. The van der Waals surface area contributed by atoms with Crippen molar-refractivity contribution in [3.63, 3.8) is 0 Å². The minimum absolute atomic E-state index is 0.0449. The molecule has 1 fully saturated rings. The number of aryl methyl sites for hydroxylation is 3. The number of furan rings is 1. The Labute approximate surface area is 186 Å². The second kappa shape index (κ2) is 9.08. The number of benzene rings is 1. The molecule has 32 heavy (non-hydrogen) atoms. The molecule has 0 spiro atoms. The van der Waals surface area contributed by atoms with Gasteiger partial charge in [-0.1, -0.05) is 0 Å². The molecule has 3 heterocycles. The van der Waals surface area contributed by atoms with Crippen molar-refractivity contribution in [3.05, 3.63) is 45.0 Å². The predicted octanol–water partition coefficient (Wildman–Crippen LogP) is 3.11. The van der Waals surface area contributed by atoms with E-state index in [1.165, 1.54) is 12.0 Å².